The summed E-state index contributed by atoms with van der Waals surface area (Å²) in [6.45, 7) is 0.0493. The molecule has 0 spiro atoms. The van der Waals surface area contributed by atoms with Crippen LogP contribution in [0.5, 0.6) is 0 Å². The van der Waals surface area contributed by atoms with Gasteiger partial charge in [0.2, 0.25) is 0 Å². The summed E-state index contributed by atoms with van der Waals surface area (Å²) in [7, 11) is 0. The van der Waals surface area contributed by atoms with Crippen LogP contribution in [0.3, 0.4) is 0 Å². The van der Waals surface area contributed by atoms with Crippen molar-refractivity contribution in [3.63, 3.8) is 0 Å². The quantitative estimate of drug-likeness (QED) is 0.688. The molecule has 1 heterocycles. The number of carbonyl (C=O) groups excluding carboxylic acids is 1. The van der Waals surface area contributed by atoms with Crippen molar-refractivity contribution >= 4 is 50.4 Å². The number of aliphatic hydroxyl groups is 1. The molecule has 0 saturated carbocycles. The van der Waals surface area contributed by atoms with Crippen molar-refractivity contribution in [1.82, 2.24) is 4.90 Å². The standard InChI is InChI=1S/C12H11BrINO4/c13-9-2-1-6(14)3-8(9)11(17)15-5-7(16)4-10(15)12(18)19/h1-3,7,10,16H,4-5H2,(H,18,19). The van der Waals surface area contributed by atoms with Crippen LogP contribution in [-0.2, 0) is 4.79 Å². The van der Waals surface area contributed by atoms with Crippen LogP contribution in [0.25, 0.3) is 0 Å². The highest BCUT2D eigenvalue weighted by Gasteiger charge is 2.39. The van der Waals surface area contributed by atoms with Crippen molar-refractivity contribution < 1.29 is 19.8 Å². The number of nitrogens with zero attached hydrogens (tertiary/aromatic N) is 1. The molecule has 1 fully saturated rings. The van der Waals surface area contributed by atoms with Gasteiger partial charge in [-0.25, -0.2) is 4.79 Å². The van der Waals surface area contributed by atoms with E-state index < -0.39 is 18.1 Å². The maximum absolute atomic E-state index is 12.4. The zero-order valence-electron chi connectivity index (χ0n) is 9.72. The first-order valence-corrected chi connectivity index (χ1v) is 7.44. The fourth-order valence-electron chi connectivity index (χ4n) is 2.09. The largest absolute Gasteiger partial charge is 0.480 e. The number of aliphatic hydroxyl groups excluding tert-OH is 1. The van der Waals surface area contributed by atoms with Gasteiger partial charge in [-0.3, -0.25) is 4.79 Å². The second-order valence-corrected chi connectivity index (χ2v) is 6.43. The highest BCUT2D eigenvalue weighted by atomic mass is 127. The van der Waals surface area contributed by atoms with Crippen molar-refractivity contribution in [2.75, 3.05) is 6.54 Å². The second-order valence-electron chi connectivity index (χ2n) is 4.33. The molecule has 1 aromatic carbocycles. The SMILES string of the molecule is O=C(O)C1CC(O)CN1C(=O)c1cc(I)ccc1Br. The van der Waals surface area contributed by atoms with Gasteiger partial charge in [-0.1, -0.05) is 0 Å². The van der Waals surface area contributed by atoms with Gasteiger partial charge in [0.25, 0.3) is 5.91 Å². The van der Waals surface area contributed by atoms with Crippen LogP contribution < -0.4 is 0 Å². The molecule has 2 N–H and O–H groups in total. The molecule has 5 nitrogen and oxygen atoms in total. The Morgan fingerprint density at radius 2 is 2.11 bits per heavy atom. The molecular weight excluding hydrogens is 429 g/mol. The van der Waals surface area contributed by atoms with E-state index in [2.05, 4.69) is 38.5 Å². The van der Waals surface area contributed by atoms with Crippen LogP contribution in [0.1, 0.15) is 16.8 Å². The molecule has 1 aliphatic heterocycles. The zero-order valence-corrected chi connectivity index (χ0v) is 13.5. The number of β-amino-alcohol motifs (C(OH)–C–C–N with tert-alkyl or cyclic N) is 1. The van der Waals surface area contributed by atoms with Crippen LogP contribution in [0, 0.1) is 3.57 Å². The molecular formula is C12H11BrINO4. The third-order valence-corrected chi connectivity index (χ3v) is 4.35. The average molecular weight is 440 g/mol. The Bertz CT molecular complexity index is 536. The molecule has 1 aromatic rings. The van der Waals surface area contributed by atoms with E-state index in [1.54, 1.807) is 12.1 Å². The summed E-state index contributed by atoms with van der Waals surface area (Å²) in [4.78, 5) is 24.7. The van der Waals surface area contributed by atoms with Crippen molar-refractivity contribution in [2.24, 2.45) is 0 Å². The molecule has 0 radical (unpaired) electrons. The van der Waals surface area contributed by atoms with E-state index in [-0.39, 0.29) is 18.9 Å². The highest BCUT2D eigenvalue weighted by molar-refractivity contribution is 14.1. The summed E-state index contributed by atoms with van der Waals surface area (Å²) in [5.41, 5.74) is 0.409. The van der Waals surface area contributed by atoms with E-state index in [0.717, 1.165) is 3.57 Å². The number of amides is 1. The first kappa shape index (κ1) is 14.7. The number of halogens is 2. The van der Waals surface area contributed by atoms with Gasteiger partial charge in [-0.2, -0.15) is 0 Å². The molecule has 0 aliphatic carbocycles. The second kappa shape index (κ2) is 5.76. The minimum Gasteiger partial charge on any atom is -0.480 e. The van der Waals surface area contributed by atoms with Gasteiger partial charge in [-0.05, 0) is 56.7 Å². The Morgan fingerprint density at radius 3 is 2.74 bits per heavy atom. The number of carboxylic acid groups (broad SMARTS) is 1. The lowest BCUT2D eigenvalue weighted by Crippen LogP contribution is -2.40. The van der Waals surface area contributed by atoms with E-state index in [1.807, 2.05) is 6.07 Å². The summed E-state index contributed by atoms with van der Waals surface area (Å²) in [5, 5.41) is 18.7. The zero-order chi connectivity index (χ0) is 14.2. The number of carboxylic acids is 1. The summed E-state index contributed by atoms with van der Waals surface area (Å²) < 4.78 is 1.50. The topological polar surface area (TPSA) is 77.8 Å². The van der Waals surface area contributed by atoms with E-state index in [1.165, 1.54) is 4.90 Å². The van der Waals surface area contributed by atoms with E-state index in [0.29, 0.717) is 10.0 Å². The van der Waals surface area contributed by atoms with Crippen molar-refractivity contribution in [3.05, 3.63) is 31.8 Å². The Balaban J connectivity index is 2.33. The van der Waals surface area contributed by atoms with Gasteiger partial charge in [0.05, 0.1) is 11.7 Å². The molecule has 2 atom stereocenters. The number of benzene rings is 1. The summed E-state index contributed by atoms with van der Waals surface area (Å²) in [5.74, 6) is -1.47. The molecule has 1 saturated heterocycles. The van der Waals surface area contributed by atoms with Crippen LogP contribution in [0.2, 0.25) is 0 Å². The van der Waals surface area contributed by atoms with E-state index >= 15 is 0 Å². The molecule has 0 bridgehead atoms. The predicted octanol–water partition coefficient (Wildman–Crippen LogP) is 1.71. The minimum atomic E-state index is -1.09. The lowest BCUT2D eigenvalue weighted by Gasteiger charge is -2.21. The summed E-state index contributed by atoms with van der Waals surface area (Å²) in [6.07, 6.45) is -0.714. The van der Waals surface area contributed by atoms with Crippen molar-refractivity contribution in [2.45, 2.75) is 18.6 Å². The van der Waals surface area contributed by atoms with Crippen LogP contribution in [0.4, 0.5) is 0 Å². The number of hydrogen-bond donors (Lipinski definition) is 2. The lowest BCUT2D eigenvalue weighted by molar-refractivity contribution is -0.141. The van der Waals surface area contributed by atoms with Crippen LogP contribution in [0.15, 0.2) is 22.7 Å². The fraction of sp³-hybridized carbons (Fsp3) is 0.333. The molecule has 0 aromatic heterocycles. The molecule has 2 rings (SSSR count). The van der Waals surface area contributed by atoms with Gasteiger partial charge in [0.1, 0.15) is 6.04 Å². The Hall–Kier alpha value is -0.670. The first-order chi connectivity index (χ1) is 8.90. The molecule has 19 heavy (non-hydrogen) atoms. The summed E-state index contributed by atoms with van der Waals surface area (Å²) >= 11 is 5.37. The van der Waals surface area contributed by atoms with E-state index in [9.17, 15) is 14.7 Å². The molecule has 1 amide bonds. The van der Waals surface area contributed by atoms with Gasteiger partial charge >= 0.3 is 5.97 Å². The van der Waals surface area contributed by atoms with Crippen LogP contribution >= 0.6 is 38.5 Å². The van der Waals surface area contributed by atoms with Gasteiger partial charge in [0.15, 0.2) is 0 Å². The van der Waals surface area contributed by atoms with Gasteiger partial charge in [0, 0.05) is 21.0 Å². The Labute approximate surface area is 131 Å². The molecule has 7 heteroatoms. The monoisotopic (exact) mass is 439 g/mol. The molecule has 102 valence electrons. The number of hydrogen-bond acceptors (Lipinski definition) is 3. The third-order valence-electron chi connectivity index (χ3n) is 2.98. The molecule has 1 aliphatic rings. The first-order valence-electron chi connectivity index (χ1n) is 5.57. The van der Waals surface area contributed by atoms with Gasteiger partial charge in [-0.15, -0.1) is 0 Å². The third kappa shape index (κ3) is 3.09. The molecule has 2 unspecified atom stereocenters. The Kier molecular flexibility index (Phi) is 4.46. The van der Waals surface area contributed by atoms with Gasteiger partial charge < -0.3 is 15.1 Å². The lowest BCUT2D eigenvalue weighted by atomic mass is 10.1. The van der Waals surface area contributed by atoms with Crippen LogP contribution in [-0.4, -0.2) is 45.7 Å². The smallest absolute Gasteiger partial charge is 0.326 e. The Morgan fingerprint density at radius 1 is 1.42 bits per heavy atom. The summed E-state index contributed by atoms with van der Waals surface area (Å²) in [6, 6.07) is 4.32. The normalized spacial score (nSPS) is 22.6. The number of aliphatic carboxylic acids is 1. The highest BCUT2D eigenvalue weighted by Crippen LogP contribution is 2.26. The van der Waals surface area contributed by atoms with Crippen molar-refractivity contribution in [1.29, 1.82) is 0 Å². The number of rotatable bonds is 2. The number of likely N-dealkylation sites (tertiary alicyclic amines) is 1. The maximum Gasteiger partial charge on any atom is 0.326 e. The fourth-order valence-corrected chi connectivity index (χ4v) is 3.00. The maximum atomic E-state index is 12.4. The van der Waals surface area contributed by atoms with Crippen molar-refractivity contribution in [3.8, 4) is 0 Å². The van der Waals surface area contributed by atoms with E-state index in [4.69, 9.17) is 5.11 Å². The minimum absolute atomic E-state index is 0.0493. The predicted molar refractivity (Wildman–Crippen MR) is 79.9 cm³/mol. The average Bonchev–Trinajstić information content (AvgIpc) is 2.74. The number of carbonyl (C=O) groups is 2.